The van der Waals surface area contributed by atoms with Gasteiger partial charge in [0.15, 0.2) is 5.60 Å². The van der Waals surface area contributed by atoms with Gasteiger partial charge in [0.2, 0.25) is 0 Å². The molecule has 3 aromatic carbocycles. The molecule has 0 saturated heterocycles. The van der Waals surface area contributed by atoms with E-state index in [9.17, 15) is 14.7 Å². The van der Waals surface area contributed by atoms with Gasteiger partial charge in [-0.3, -0.25) is 4.79 Å². The zero-order valence-corrected chi connectivity index (χ0v) is 21.3. The van der Waals surface area contributed by atoms with Crippen molar-refractivity contribution in [2.45, 2.75) is 45.8 Å². The standard InChI is InChI=1S/C30H32N2O4/c1-19(22-11-7-6-8-12-22)31-28(33)23-14-15-25-26(20(2)32(5)27(25)18-23)17-21-10-9-13-24(16-21)36-30(3,4)29(34)35/h6-16,18-19H,17H2,1-5H3,(H,31,33)(H,34,35)/t19-/m1/s1. The average molecular weight is 485 g/mol. The lowest BCUT2D eigenvalue weighted by Crippen LogP contribution is -2.37. The number of aryl methyl sites for hydroxylation is 1. The van der Waals surface area contributed by atoms with Crippen LogP contribution in [0, 0.1) is 6.92 Å². The molecule has 1 aromatic heterocycles. The first-order chi connectivity index (χ1) is 17.1. The van der Waals surface area contributed by atoms with Gasteiger partial charge in [0.25, 0.3) is 5.91 Å². The highest BCUT2D eigenvalue weighted by atomic mass is 16.5. The van der Waals surface area contributed by atoms with E-state index in [1.807, 2.05) is 80.7 Å². The largest absolute Gasteiger partial charge is 0.478 e. The molecule has 36 heavy (non-hydrogen) atoms. The van der Waals surface area contributed by atoms with Crippen LogP contribution in [0.4, 0.5) is 0 Å². The number of amides is 1. The number of carboxylic acids is 1. The molecule has 0 aliphatic heterocycles. The Hall–Kier alpha value is -4.06. The second-order valence-electron chi connectivity index (χ2n) is 9.70. The number of carbonyl (C=O) groups excluding carboxylic acids is 1. The highest BCUT2D eigenvalue weighted by molar-refractivity contribution is 5.99. The van der Waals surface area contributed by atoms with E-state index in [-0.39, 0.29) is 11.9 Å². The van der Waals surface area contributed by atoms with Crippen molar-refractivity contribution in [2.24, 2.45) is 7.05 Å². The maximum atomic E-state index is 13.0. The van der Waals surface area contributed by atoms with E-state index in [2.05, 4.69) is 16.8 Å². The number of ether oxygens (including phenoxy) is 1. The summed E-state index contributed by atoms with van der Waals surface area (Å²) < 4.78 is 7.83. The Morgan fingerprint density at radius 2 is 1.75 bits per heavy atom. The van der Waals surface area contributed by atoms with Gasteiger partial charge in [0.1, 0.15) is 5.75 Å². The molecule has 2 N–H and O–H groups in total. The zero-order chi connectivity index (χ0) is 26.0. The number of fused-ring (bicyclic) bond motifs is 1. The Morgan fingerprint density at radius 1 is 1.03 bits per heavy atom. The van der Waals surface area contributed by atoms with Gasteiger partial charge < -0.3 is 19.7 Å². The minimum Gasteiger partial charge on any atom is -0.478 e. The smallest absolute Gasteiger partial charge is 0.347 e. The normalized spacial score (nSPS) is 12.4. The van der Waals surface area contributed by atoms with Crippen molar-refractivity contribution in [1.29, 1.82) is 0 Å². The van der Waals surface area contributed by atoms with E-state index >= 15 is 0 Å². The van der Waals surface area contributed by atoms with Crippen LogP contribution in [-0.4, -0.2) is 27.2 Å². The van der Waals surface area contributed by atoms with Gasteiger partial charge in [0, 0.05) is 29.2 Å². The molecule has 1 heterocycles. The van der Waals surface area contributed by atoms with Gasteiger partial charge in [-0.05, 0) is 75.1 Å². The number of aromatic nitrogens is 1. The topological polar surface area (TPSA) is 80.6 Å². The molecule has 0 aliphatic rings. The summed E-state index contributed by atoms with van der Waals surface area (Å²) in [6, 6.07) is 23.1. The molecule has 6 heteroatoms. The molecule has 0 spiro atoms. The summed E-state index contributed by atoms with van der Waals surface area (Å²) in [5, 5.41) is 13.5. The lowest BCUT2D eigenvalue weighted by Gasteiger charge is -2.21. The monoisotopic (exact) mass is 484 g/mol. The quantitative estimate of drug-likeness (QED) is 0.331. The molecule has 186 valence electrons. The van der Waals surface area contributed by atoms with Crippen LogP contribution in [0.1, 0.15) is 59.6 Å². The Labute approximate surface area is 211 Å². The number of carboxylic acid groups (broad SMARTS) is 1. The molecule has 0 aliphatic carbocycles. The van der Waals surface area contributed by atoms with Crippen molar-refractivity contribution in [3.8, 4) is 5.75 Å². The van der Waals surface area contributed by atoms with Crippen LogP contribution in [0.5, 0.6) is 5.75 Å². The minimum atomic E-state index is -1.32. The molecular formula is C30H32N2O4. The summed E-state index contributed by atoms with van der Waals surface area (Å²) in [4.78, 5) is 24.4. The number of aliphatic carboxylic acids is 1. The first kappa shape index (κ1) is 25.0. The van der Waals surface area contributed by atoms with Gasteiger partial charge in [-0.15, -0.1) is 0 Å². The molecule has 0 unspecified atom stereocenters. The summed E-state index contributed by atoms with van der Waals surface area (Å²) in [6.07, 6.45) is 0.657. The van der Waals surface area contributed by atoms with Gasteiger partial charge in [-0.25, -0.2) is 4.79 Å². The van der Waals surface area contributed by atoms with Crippen LogP contribution in [0.2, 0.25) is 0 Å². The molecule has 4 rings (SSSR count). The SMILES string of the molecule is Cc1c(Cc2cccc(OC(C)(C)C(=O)O)c2)c2ccc(C(=O)N[C@H](C)c3ccccc3)cc2n1C. The predicted octanol–water partition coefficient (Wildman–Crippen LogP) is 5.81. The van der Waals surface area contributed by atoms with E-state index in [4.69, 9.17) is 4.74 Å². The number of nitrogens with zero attached hydrogens (tertiary/aromatic N) is 1. The van der Waals surface area contributed by atoms with Crippen LogP contribution >= 0.6 is 0 Å². The minimum absolute atomic E-state index is 0.0966. The van der Waals surface area contributed by atoms with E-state index < -0.39 is 11.6 Å². The maximum Gasteiger partial charge on any atom is 0.347 e. The fourth-order valence-electron chi connectivity index (χ4n) is 4.37. The lowest BCUT2D eigenvalue weighted by atomic mass is 10.0. The third-order valence-corrected chi connectivity index (χ3v) is 6.70. The van der Waals surface area contributed by atoms with Crippen molar-refractivity contribution >= 4 is 22.8 Å². The maximum absolute atomic E-state index is 13.0. The number of carbonyl (C=O) groups is 2. The molecule has 0 radical (unpaired) electrons. The lowest BCUT2D eigenvalue weighted by molar-refractivity contribution is -0.152. The Morgan fingerprint density at radius 3 is 2.44 bits per heavy atom. The molecule has 1 amide bonds. The summed E-state index contributed by atoms with van der Waals surface area (Å²) in [6.45, 7) is 7.11. The van der Waals surface area contributed by atoms with Gasteiger partial charge >= 0.3 is 5.97 Å². The number of benzene rings is 3. The molecule has 0 saturated carbocycles. The van der Waals surface area contributed by atoms with Crippen molar-refractivity contribution in [3.63, 3.8) is 0 Å². The molecule has 1 atom stereocenters. The first-order valence-corrected chi connectivity index (χ1v) is 12.0. The van der Waals surface area contributed by atoms with E-state index in [0.29, 0.717) is 17.7 Å². The number of hydrogen-bond acceptors (Lipinski definition) is 3. The van der Waals surface area contributed by atoms with Crippen LogP contribution in [-0.2, 0) is 18.3 Å². The summed E-state index contributed by atoms with van der Waals surface area (Å²) in [5.74, 6) is -0.611. The van der Waals surface area contributed by atoms with Crippen LogP contribution in [0.15, 0.2) is 72.8 Å². The van der Waals surface area contributed by atoms with E-state index in [1.165, 1.54) is 13.8 Å². The number of rotatable bonds is 8. The number of nitrogens with one attached hydrogen (secondary N) is 1. The Kier molecular flexibility index (Phi) is 6.88. The van der Waals surface area contributed by atoms with Crippen LogP contribution in [0.3, 0.4) is 0 Å². The van der Waals surface area contributed by atoms with Crippen molar-refractivity contribution in [2.75, 3.05) is 0 Å². The zero-order valence-electron chi connectivity index (χ0n) is 21.3. The Bertz CT molecular complexity index is 1420. The third-order valence-electron chi connectivity index (χ3n) is 6.70. The van der Waals surface area contributed by atoms with Crippen molar-refractivity contribution in [1.82, 2.24) is 9.88 Å². The molecule has 0 bridgehead atoms. The van der Waals surface area contributed by atoms with Gasteiger partial charge in [0.05, 0.1) is 6.04 Å². The average Bonchev–Trinajstić information content (AvgIpc) is 3.08. The van der Waals surface area contributed by atoms with Crippen LogP contribution in [0.25, 0.3) is 10.9 Å². The summed E-state index contributed by atoms with van der Waals surface area (Å²) in [5.41, 5.74) is 4.63. The fourth-order valence-corrected chi connectivity index (χ4v) is 4.37. The summed E-state index contributed by atoms with van der Waals surface area (Å²) in [7, 11) is 2.00. The predicted molar refractivity (Wildman–Crippen MR) is 142 cm³/mol. The van der Waals surface area contributed by atoms with Crippen LogP contribution < -0.4 is 10.1 Å². The van der Waals surface area contributed by atoms with E-state index in [1.54, 1.807) is 6.07 Å². The molecular weight excluding hydrogens is 452 g/mol. The Balaban J connectivity index is 1.59. The summed E-state index contributed by atoms with van der Waals surface area (Å²) >= 11 is 0. The fraction of sp³-hybridized carbons (Fsp3) is 0.267. The molecule has 0 fully saturated rings. The molecule has 4 aromatic rings. The highest BCUT2D eigenvalue weighted by Gasteiger charge is 2.29. The first-order valence-electron chi connectivity index (χ1n) is 12.0. The van der Waals surface area contributed by atoms with E-state index in [0.717, 1.165) is 33.3 Å². The van der Waals surface area contributed by atoms with Crippen molar-refractivity contribution < 1.29 is 19.4 Å². The number of hydrogen-bond donors (Lipinski definition) is 2. The second-order valence-corrected chi connectivity index (χ2v) is 9.70. The second kappa shape index (κ2) is 9.90. The van der Waals surface area contributed by atoms with Gasteiger partial charge in [-0.1, -0.05) is 48.5 Å². The highest BCUT2D eigenvalue weighted by Crippen LogP contribution is 2.30. The molecule has 6 nitrogen and oxygen atoms in total. The van der Waals surface area contributed by atoms with Gasteiger partial charge in [-0.2, -0.15) is 0 Å². The van der Waals surface area contributed by atoms with Crippen molar-refractivity contribution in [3.05, 3.63) is 101 Å². The third kappa shape index (κ3) is 5.13.